The summed E-state index contributed by atoms with van der Waals surface area (Å²) in [5.74, 6) is 0. The van der Waals surface area contributed by atoms with E-state index in [4.69, 9.17) is 13.3 Å². The molecule has 0 aromatic rings. The summed E-state index contributed by atoms with van der Waals surface area (Å²) in [4.78, 5) is 9.82. The van der Waals surface area contributed by atoms with Crippen LogP contribution in [0.1, 0.15) is 34.6 Å². The first-order chi connectivity index (χ1) is 5.83. The largest absolute Gasteiger partial charge is 0.677 e. The Balaban J connectivity index is 4.22. The molecule has 0 saturated heterocycles. The van der Waals surface area contributed by atoms with Crippen LogP contribution in [-0.2, 0) is 13.3 Å². The Labute approximate surface area is 81.3 Å². The molecule has 80 valence electrons. The van der Waals surface area contributed by atoms with Gasteiger partial charge in [-0.1, -0.05) is 0 Å². The number of hydrogen-bond donors (Lipinski definition) is 1. The fraction of sp³-hybridized carbons (Fsp3) is 1.00. The van der Waals surface area contributed by atoms with Crippen molar-refractivity contribution in [1.82, 2.24) is 0 Å². The lowest BCUT2D eigenvalue weighted by atomic mass is 10.2. The van der Waals surface area contributed by atoms with E-state index in [1.165, 1.54) is 0 Å². The van der Waals surface area contributed by atoms with Gasteiger partial charge in [0, 0.05) is 13.2 Å². The second-order valence-electron chi connectivity index (χ2n) is 3.60. The highest BCUT2D eigenvalue weighted by molar-refractivity contribution is 6.52. The van der Waals surface area contributed by atoms with E-state index in [1.807, 2.05) is 20.8 Å². The van der Waals surface area contributed by atoms with Crippen LogP contribution in [0, 0.1) is 0 Å². The summed E-state index contributed by atoms with van der Waals surface area (Å²) in [7, 11) is -3.38. The maximum absolute atomic E-state index is 9.82. The van der Waals surface area contributed by atoms with Gasteiger partial charge in [0.2, 0.25) is 0 Å². The van der Waals surface area contributed by atoms with E-state index >= 15 is 0 Å². The van der Waals surface area contributed by atoms with Crippen LogP contribution in [0.5, 0.6) is 0 Å². The summed E-state index contributed by atoms with van der Waals surface area (Å²) in [6.45, 7) is 9.92. The van der Waals surface area contributed by atoms with Crippen LogP contribution in [0.15, 0.2) is 0 Å². The average molecular weight is 208 g/mol. The Morgan fingerprint density at radius 1 is 1.08 bits per heavy atom. The van der Waals surface area contributed by atoms with Crippen LogP contribution in [0.25, 0.3) is 0 Å². The summed E-state index contributed by atoms with van der Waals surface area (Å²) in [5, 5.41) is 0. The molecule has 0 saturated carbocycles. The number of hydrogen-bond acceptors (Lipinski definition) is 4. The summed E-state index contributed by atoms with van der Waals surface area (Å²) in [6, 6.07) is 0. The lowest BCUT2D eigenvalue weighted by Gasteiger charge is -2.29. The van der Waals surface area contributed by atoms with Crippen molar-refractivity contribution in [3.05, 3.63) is 0 Å². The predicted molar refractivity (Wildman–Crippen MR) is 52.1 cm³/mol. The first-order valence-electron chi connectivity index (χ1n) is 4.53. The lowest BCUT2D eigenvalue weighted by molar-refractivity contribution is -0.0531. The molecule has 0 amide bonds. The van der Waals surface area contributed by atoms with Gasteiger partial charge in [0.25, 0.3) is 0 Å². The third-order valence-corrected chi connectivity index (χ3v) is 3.27. The van der Waals surface area contributed by atoms with Crippen molar-refractivity contribution in [2.45, 2.75) is 40.2 Å². The standard InChI is InChI=1S/C8H20O4Si/c1-6-10-13(9,11-7-2)12-8(3,4)5/h9H,6-7H2,1-5H3. The van der Waals surface area contributed by atoms with Crippen molar-refractivity contribution in [2.24, 2.45) is 0 Å². The van der Waals surface area contributed by atoms with Crippen molar-refractivity contribution >= 4 is 9.05 Å². The minimum Gasteiger partial charge on any atom is -0.367 e. The smallest absolute Gasteiger partial charge is 0.367 e. The lowest BCUT2D eigenvalue weighted by Crippen LogP contribution is -2.50. The zero-order valence-electron chi connectivity index (χ0n) is 9.09. The Kier molecular flexibility index (Phi) is 5.09. The SMILES string of the molecule is CCO[Si](O)(OCC)OC(C)(C)C. The zero-order chi connectivity index (χ0) is 10.5. The third kappa shape index (κ3) is 6.17. The first kappa shape index (κ1) is 13.1. The second-order valence-corrected chi connectivity index (χ2v) is 5.43. The van der Waals surface area contributed by atoms with Gasteiger partial charge in [-0.15, -0.1) is 0 Å². The monoisotopic (exact) mass is 208 g/mol. The highest BCUT2D eigenvalue weighted by atomic mass is 28.4. The van der Waals surface area contributed by atoms with E-state index < -0.39 is 14.6 Å². The molecule has 0 fully saturated rings. The van der Waals surface area contributed by atoms with Gasteiger partial charge >= 0.3 is 9.05 Å². The van der Waals surface area contributed by atoms with E-state index in [-0.39, 0.29) is 0 Å². The molecule has 0 rings (SSSR count). The molecular formula is C8H20O4Si. The molecular weight excluding hydrogens is 188 g/mol. The molecule has 0 radical (unpaired) electrons. The molecule has 0 aliphatic heterocycles. The molecule has 1 N–H and O–H groups in total. The Morgan fingerprint density at radius 2 is 1.46 bits per heavy atom. The molecule has 0 aliphatic carbocycles. The predicted octanol–water partition coefficient (Wildman–Crippen LogP) is 1.30. The van der Waals surface area contributed by atoms with Crippen molar-refractivity contribution in [2.75, 3.05) is 13.2 Å². The molecule has 0 bridgehead atoms. The van der Waals surface area contributed by atoms with Crippen molar-refractivity contribution < 1.29 is 18.1 Å². The van der Waals surface area contributed by atoms with Gasteiger partial charge in [-0.25, -0.2) is 0 Å². The van der Waals surface area contributed by atoms with Gasteiger partial charge in [-0.2, -0.15) is 0 Å². The summed E-state index contributed by atoms with van der Waals surface area (Å²) in [6.07, 6.45) is 0. The zero-order valence-corrected chi connectivity index (χ0v) is 10.1. The van der Waals surface area contributed by atoms with E-state index in [0.717, 1.165) is 0 Å². The minimum absolute atomic E-state index is 0.388. The molecule has 0 heterocycles. The quantitative estimate of drug-likeness (QED) is 0.692. The molecule has 0 aromatic heterocycles. The van der Waals surface area contributed by atoms with Gasteiger partial charge in [0.05, 0.1) is 5.60 Å². The molecule has 0 aliphatic rings. The maximum atomic E-state index is 9.82. The summed E-state index contributed by atoms with van der Waals surface area (Å²) >= 11 is 0. The highest BCUT2D eigenvalue weighted by Gasteiger charge is 2.44. The fourth-order valence-electron chi connectivity index (χ4n) is 0.852. The van der Waals surface area contributed by atoms with E-state index in [1.54, 1.807) is 13.8 Å². The second kappa shape index (κ2) is 5.07. The molecule has 0 atom stereocenters. The number of rotatable bonds is 5. The topological polar surface area (TPSA) is 47.9 Å². The van der Waals surface area contributed by atoms with Gasteiger partial charge in [0.1, 0.15) is 0 Å². The van der Waals surface area contributed by atoms with Gasteiger partial charge < -0.3 is 18.1 Å². The molecule has 13 heavy (non-hydrogen) atoms. The van der Waals surface area contributed by atoms with E-state index in [0.29, 0.717) is 13.2 Å². The van der Waals surface area contributed by atoms with Crippen LogP contribution in [0.2, 0.25) is 0 Å². The minimum atomic E-state index is -3.38. The molecule has 5 heteroatoms. The van der Waals surface area contributed by atoms with E-state index in [2.05, 4.69) is 0 Å². The Morgan fingerprint density at radius 3 is 1.69 bits per heavy atom. The molecule has 0 aromatic carbocycles. The maximum Gasteiger partial charge on any atom is 0.677 e. The Bertz CT molecular complexity index is 138. The van der Waals surface area contributed by atoms with Gasteiger partial charge in [0.15, 0.2) is 0 Å². The molecule has 0 unspecified atom stereocenters. The first-order valence-corrected chi connectivity index (χ1v) is 6.20. The molecule has 4 nitrogen and oxygen atoms in total. The van der Waals surface area contributed by atoms with Gasteiger partial charge in [-0.05, 0) is 34.6 Å². The Hall–Kier alpha value is 0.0569. The average Bonchev–Trinajstić information content (AvgIpc) is 1.82. The van der Waals surface area contributed by atoms with E-state index in [9.17, 15) is 4.80 Å². The van der Waals surface area contributed by atoms with Crippen molar-refractivity contribution in [1.29, 1.82) is 0 Å². The summed E-state index contributed by atoms with van der Waals surface area (Å²) < 4.78 is 15.5. The third-order valence-electron chi connectivity index (χ3n) is 1.09. The summed E-state index contributed by atoms with van der Waals surface area (Å²) in [5.41, 5.74) is -0.453. The highest BCUT2D eigenvalue weighted by Crippen LogP contribution is 2.16. The van der Waals surface area contributed by atoms with Crippen LogP contribution >= 0.6 is 0 Å². The van der Waals surface area contributed by atoms with Crippen LogP contribution in [0.3, 0.4) is 0 Å². The van der Waals surface area contributed by atoms with Crippen LogP contribution < -0.4 is 0 Å². The molecule has 0 spiro atoms. The van der Waals surface area contributed by atoms with Crippen molar-refractivity contribution in [3.63, 3.8) is 0 Å². The van der Waals surface area contributed by atoms with Crippen LogP contribution in [0.4, 0.5) is 0 Å². The van der Waals surface area contributed by atoms with Gasteiger partial charge in [-0.3, -0.25) is 0 Å². The fourth-order valence-corrected chi connectivity index (χ4v) is 2.56. The normalized spacial score (nSPS) is 13.4. The van der Waals surface area contributed by atoms with Crippen molar-refractivity contribution in [3.8, 4) is 0 Å². The van der Waals surface area contributed by atoms with Crippen LogP contribution in [-0.4, -0.2) is 32.7 Å².